The van der Waals surface area contributed by atoms with Crippen LogP contribution in [0.25, 0.3) is 0 Å². The van der Waals surface area contributed by atoms with Crippen LogP contribution in [0.15, 0.2) is 28.0 Å². The third kappa shape index (κ3) is 5.46. The fourth-order valence-electron chi connectivity index (χ4n) is 3.09. The lowest BCUT2D eigenvalue weighted by molar-refractivity contribution is -0.121. The Bertz CT molecular complexity index is 819. The molecule has 2 aliphatic rings. The number of anilines is 1. The van der Waals surface area contributed by atoms with Gasteiger partial charge in [0.15, 0.2) is 9.84 Å². The Morgan fingerprint density at radius 2 is 2.22 bits per heavy atom. The van der Waals surface area contributed by atoms with Gasteiger partial charge < -0.3 is 15.4 Å². The molecule has 2 heterocycles. The smallest absolute Gasteiger partial charge is 0.225 e. The van der Waals surface area contributed by atoms with E-state index < -0.39 is 9.84 Å². The van der Waals surface area contributed by atoms with Gasteiger partial charge in [-0.25, -0.2) is 8.42 Å². The molecule has 9 heteroatoms. The first-order chi connectivity index (χ1) is 12.8. The summed E-state index contributed by atoms with van der Waals surface area (Å²) in [5.41, 5.74) is 0.512. The van der Waals surface area contributed by atoms with Crippen molar-refractivity contribution in [2.24, 2.45) is 0 Å². The van der Waals surface area contributed by atoms with Gasteiger partial charge in [0.1, 0.15) is 0 Å². The van der Waals surface area contributed by atoms with Gasteiger partial charge >= 0.3 is 0 Å². The van der Waals surface area contributed by atoms with Crippen LogP contribution in [0.1, 0.15) is 32.6 Å². The van der Waals surface area contributed by atoms with Gasteiger partial charge in [0.25, 0.3) is 0 Å². The largest absolute Gasteiger partial charge is 0.376 e. The average molecular weight is 413 g/mol. The predicted molar refractivity (Wildman–Crippen MR) is 104 cm³/mol. The van der Waals surface area contributed by atoms with Crippen LogP contribution in [-0.4, -0.2) is 50.5 Å². The van der Waals surface area contributed by atoms with Crippen molar-refractivity contribution in [2.45, 2.75) is 53.8 Å². The number of hydrogen-bond donors (Lipinski definition) is 2. The first-order valence-electron chi connectivity index (χ1n) is 9.05. The summed E-state index contributed by atoms with van der Waals surface area (Å²) in [6.45, 7) is 3.08. The molecule has 1 aromatic rings. The first-order valence-corrected chi connectivity index (χ1v) is 11.6. The van der Waals surface area contributed by atoms with Gasteiger partial charge in [0.05, 0.1) is 22.4 Å². The van der Waals surface area contributed by atoms with Gasteiger partial charge in [0.2, 0.25) is 11.8 Å². The van der Waals surface area contributed by atoms with E-state index in [1.165, 1.54) is 23.9 Å². The van der Waals surface area contributed by atoms with E-state index in [2.05, 4.69) is 10.6 Å². The Hall–Kier alpha value is -1.58. The number of fused-ring (bicyclic) bond motifs is 1. The zero-order valence-electron chi connectivity index (χ0n) is 15.2. The van der Waals surface area contributed by atoms with Crippen molar-refractivity contribution >= 4 is 39.1 Å². The van der Waals surface area contributed by atoms with Crippen molar-refractivity contribution in [1.29, 1.82) is 0 Å². The minimum atomic E-state index is -3.62. The molecule has 3 rings (SSSR count). The SMILES string of the molecule is CC1CC(=O)Nc2cc(S(=O)(=O)CCC(=O)NCC3CCCO3)ccc2S1. The third-order valence-corrected chi connectivity index (χ3v) is 7.43. The normalized spacial score (nSPS) is 22.6. The molecule has 2 atom stereocenters. The van der Waals surface area contributed by atoms with E-state index in [0.29, 0.717) is 25.3 Å². The van der Waals surface area contributed by atoms with Crippen molar-refractivity contribution in [3.8, 4) is 0 Å². The second kappa shape index (κ2) is 8.62. The van der Waals surface area contributed by atoms with E-state index in [-0.39, 0.29) is 40.2 Å². The molecule has 148 valence electrons. The summed E-state index contributed by atoms with van der Waals surface area (Å²) in [5.74, 6) is -0.709. The predicted octanol–water partition coefficient (Wildman–Crippen LogP) is 1.97. The minimum absolute atomic E-state index is 0.0265. The number of benzene rings is 1. The molecule has 0 saturated carbocycles. The summed E-state index contributed by atoms with van der Waals surface area (Å²) in [5, 5.41) is 5.62. The highest BCUT2D eigenvalue weighted by Crippen LogP contribution is 2.36. The number of thioether (sulfide) groups is 1. The molecule has 0 spiro atoms. The first kappa shape index (κ1) is 20.2. The topological polar surface area (TPSA) is 102 Å². The zero-order chi connectivity index (χ0) is 19.4. The van der Waals surface area contributed by atoms with Crippen LogP contribution in [0.4, 0.5) is 5.69 Å². The van der Waals surface area contributed by atoms with E-state index in [1.54, 1.807) is 6.07 Å². The van der Waals surface area contributed by atoms with Crippen molar-refractivity contribution in [1.82, 2.24) is 5.32 Å². The molecule has 2 aliphatic heterocycles. The van der Waals surface area contributed by atoms with Gasteiger partial charge in [-0.15, -0.1) is 11.8 Å². The van der Waals surface area contributed by atoms with Crippen LogP contribution >= 0.6 is 11.8 Å². The van der Waals surface area contributed by atoms with Crippen LogP contribution in [0.3, 0.4) is 0 Å². The van der Waals surface area contributed by atoms with Crippen molar-refractivity contribution in [2.75, 3.05) is 24.2 Å². The molecule has 1 saturated heterocycles. The van der Waals surface area contributed by atoms with E-state index in [0.717, 1.165) is 17.7 Å². The van der Waals surface area contributed by atoms with Crippen molar-refractivity contribution < 1.29 is 22.7 Å². The second-order valence-electron chi connectivity index (χ2n) is 6.85. The third-order valence-electron chi connectivity index (χ3n) is 4.53. The lowest BCUT2D eigenvalue weighted by Crippen LogP contribution is -2.32. The number of hydrogen-bond acceptors (Lipinski definition) is 6. The molecule has 0 aliphatic carbocycles. The summed E-state index contributed by atoms with van der Waals surface area (Å²) < 4.78 is 30.6. The van der Waals surface area contributed by atoms with Crippen LogP contribution in [0.5, 0.6) is 0 Å². The fraction of sp³-hybridized carbons (Fsp3) is 0.556. The van der Waals surface area contributed by atoms with E-state index in [1.807, 2.05) is 6.92 Å². The standard InChI is InChI=1S/C18H24N2O5S2/c1-12-9-18(22)20-15-10-14(4-5-16(15)26-12)27(23,24)8-6-17(21)19-11-13-3-2-7-25-13/h4-5,10,12-13H,2-3,6-9,11H2,1H3,(H,19,21)(H,20,22). The highest BCUT2D eigenvalue weighted by atomic mass is 32.2. The molecule has 1 fully saturated rings. The van der Waals surface area contributed by atoms with Gasteiger partial charge in [0, 0.05) is 36.1 Å². The van der Waals surface area contributed by atoms with E-state index >= 15 is 0 Å². The molecule has 0 aromatic heterocycles. The van der Waals surface area contributed by atoms with Crippen LogP contribution in [0, 0.1) is 0 Å². The number of carbonyl (C=O) groups is 2. The Morgan fingerprint density at radius 1 is 1.41 bits per heavy atom. The van der Waals surface area contributed by atoms with Crippen LogP contribution in [0.2, 0.25) is 0 Å². The molecule has 27 heavy (non-hydrogen) atoms. The van der Waals surface area contributed by atoms with Crippen LogP contribution < -0.4 is 10.6 Å². The molecular formula is C18H24N2O5S2. The summed E-state index contributed by atoms with van der Waals surface area (Å²) in [4.78, 5) is 24.8. The molecule has 2 unspecified atom stereocenters. The lowest BCUT2D eigenvalue weighted by Gasteiger charge is -2.12. The Labute approximate surface area is 163 Å². The summed E-state index contributed by atoms with van der Waals surface area (Å²) in [6, 6.07) is 4.74. The molecule has 2 amide bonds. The zero-order valence-corrected chi connectivity index (χ0v) is 16.8. The van der Waals surface area contributed by atoms with Gasteiger partial charge in [-0.05, 0) is 31.0 Å². The maximum Gasteiger partial charge on any atom is 0.225 e. The Morgan fingerprint density at radius 3 is 2.96 bits per heavy atom. The van der Waals surface area contributed by atoms with Gasteiger partial charge in [-0.2, -0.15) is 0 Å². The second-order valence-corrected chi connectivity index (χ2v) is 10.4. The van der Waals surface area contributed by atoms with Crippen LogP contribution in [-0.2, 0) is 24.2 Å². The number of ether oxygens (including phenoxy) is 1. The monoisotopic (exact) mass is 412 g/mol. The number of carbonyl (C=O) groups excluding carboxylic acids is 2. The minimum Gasteiger partial charge on any atom is -0.376 e. The summed E-state index contributed by atoms with van der Waals surface area (Å²) in [6.07, 6.45) is 2.20. The molecule has 1 aromatic carbocycles. The average Bonchev–Trinajstić information content (AvgIpc) is 3.08. The number of sulfone groups is 1. The number of rotatable bonds is 6. The van der Waals surface area contributed by atoms with E-state index in [4.69, 9.17) is 4.74 Å². The number of amides is 2. The Kier molecular flexibility index (Phi) is 6.44. The van der Waals surface area contributed by atoms with Gasteiger partial charge in [-0.1, -0.05) is 6.92 Å². The van der Waals surface area contributed by atoms with E-state index in [9.17, 15) is 18.0 Å². The van der Waals surface area contributed by atoms with Gasteiger partial charge in [-0.3, -0.25) is 9.59 Å². The molecule has 0 radical (unpaired) electrons. The fourth-order valence-corrected chi connectivity index (χ4v) is 5.40. The van der Waals surface area contributed by atoms with Crippen molar-refractivity contribution in [3.63, 3.8) is 0 Å². The molecule has 0 bridgehead atoms. The summed E-state index contributed by atoms with van der Waals surface area (Å²) >= 11 is 1.54. The Balaban J connectivity index is 1.61. The molecule has 7 nitrogen and oxygen atoms in total. The molecular weight excluding hydrogens is 388 g/mol. The molecule has 2 N–H and O–H groups in total. The maximum absolute atomic E-state index is 12.6. The maximum atomic E-state index is 12.6. The highest BCUT2D eigenvalue weighted by molar-refractivity contribution is 8.00. The number of nitrogens with one attached hydrogen (secondary N) is 2. The van der Waals surface area contributed by atoms with Crippen molar-refractivity contribution in [3.05, 3.63) is 18.2 Å². The highest BCUT2D eigenvalue weighted by Gasteiger charge is 2.23. The summed E-state index contributed by atoms with van der Waals surface area (Å²) in [7, 11) is -3.62. The lowest BCUT2D eigenvalue weighted by atomic mass is 10.2. The quantitative estimate of drug-likeness (QED) is 0.741.